The number of ether oxygens (including phenoxy) is 1. The molecule has 0 unspecified atom stereocenters. The Morgan fingerprint density at radius 3 is 2.31 bits per heavy atom. The molecule has 6 heteroatoms. The van der Waals surface area contributed by atoms with Gasteiger partial charge < -0.3 is 9.30 Å². The van der Waals surface area contributed by atoms with Crippen LogP contribution in [0.25, 0.3) is 11.4 Å². The highest BCUT2D eigenvalue weighted by Gasteiger charge is 2.23. The Balaban J connectivity index is 1.71. The average molecular weight is 430 g/mol. The number of carbonyl (C=O) groups is 1. The summed E-state index contributed by atoms with van der Waals surface area (Å²) in [5, 5.41) is 0. The highest BCUT2D eigenvalue weighted by Crippen LogP contribution is 2.23. The van der Waals surface area contributed by atoms with Gasteiger partial charge in [0.05, 0.1) is 11.4 Å². The Morgan fingerprint density at radius 1 is 0.906 bits per heavy atom. The molecule has 2 aromatic heterocycles. The summed E-state index contributed by atoms with van der Waals surface area (Å²) in [5.41, 5.74) is 5.21. The second-order valence-electron chi connectivity index (χ2n) is 8.06. The summed E-state index contributed by atoms with van der Waals surface area (Å²) in [6.07, 6.45) is 0. The summed E-state index contributed by atoms with van der Waals surface area (Å²) < 4.78 is 11.1. The maximum atomic E-state index is 13.4. The molecule has 0 fully saturated rings. The number of aromatic nitrogens is 3. The molecule has 0 bridgehead atoms. The molecule has 2 aromatic carbocycles. The lowest BCUT2D eigenvalue weighted by Crippen LogP contribution is -2.22. The minimum absolute atomic E-state index is 0.0598. The van der Waals surface area contributed by atoms with Gasteiger partial charge in [0.15, 0.2) is 6.61 Å². The third-order valence-electron chi connectivity index (χ3n) is 5.84. The van der Waals surface area contributed by atoms with Crippen LogP contribution in [0.15, 0.2) is 65.5 Å². The lowest BCUT2D eigenvalue weighted by atomic mass is 10.1. The molecule has 2 heterocycles. The maximum absolute atomic E-state index is 13.4. The normalized spacial score (nSPS) is 11.0. The van der Waals surface area contributed by atoms with Gasteiger partial charge in [0.1, 0.15) is 11.4 Å². The molecule has 0 aliphatic heterocycles. The lowest BCUT2D eigenvalue weighted by Gasteiger charge is -2.09. The third-order valence-corrected chi connectivity index (χ3v) is 5.84. The van der Waals surface area contributed by atoms with E-state index in [-0.39, 0.29) is 17.9 Å². The fourth-order valence-electron chi connectivity index (χ4n) is 4.13. The molecule has 0 saturated heterocycles. The molecule has 0 radical (unpaired) electrons. The average Bonchev–Trinajstić information content (AvgIpc) is 3.18. The van der Waals surface area contributed by atoms with Crippen molar-refractivity contribution in [2.45, 2.75) is 27.7 Å². The SMILES string of the molecule is Cc1cccc(OCC(=O)c2cc(C)n(-c3c(C)n(C)n(-c4ccccc4)c3=O)c2C)c1. The second-order valence-corrected chi connectivity index (χ2v) is 8.06. The van der Waals surface area contributed by atoms with Gasteiger partial charge in [0.25, 0.3) is 5.56 Å². The van der Waals surface area contributed by atoms with Crippen molar-refractivity contribution in [3.8, 4) is 17.1 Å². The first-order chi connectivity index (χ1) is 15.3. The Morgan fingerprint density at radius 2 is 1.62 bits per heavy atom. The van der Waals surface area contributed by atoms with Crippen LogP contribution in [0.1, 0.15) is 33.0 Å². The summed E-state index contributed by atoms with van der Waals surface area (Å²) in [6, 6.07) is 19.0. The smallest absolute Gasteiger partial charge is 0.295 e. The number of benzene rings is 2. The van der Waals surface area contributed by atoms with Crippen LogP contribution in [-0.2, 0) is 7.05 Å². The first kappa shape index (κ1) is 21.4. The highest BCUT2D eigenvalue weighted by molar-refractivity contribution is 5.98. The molecule has 32 heavy (non-hydrogen) atoms. The molecule has 6 nitrogen and oxygen atoms in total. The van der Waals surface area contributed by atoms with Gasteiger partial charge in [-0.05, 0) is 63.6 Å². The van der Waals surface area contributed by atoms with Gasteiger partial charge >= 0.3 is 0 Å². The summed E-state index contributed by atoms with van der Waals surface area (Å²) in [5.74, 6) is 0.541. The summed E-state index contributed by atoms with van der Waals surface area (Å²) >= 11 is 0. The number of hydrogen-bond acceptors (Lipinski definition) is 3. The molecular formula is C26H27N3O3. The molecule has 0 atom stereocenters. The van der Waals surface area contributed by atoms with Crippen molar-refractivity contribution in [2.24, 2.45) is 7.05 Å². The van der Waals surface area contributed by atoms with E-state index in [1.165, 1.54) is 0 Å². The molecule has 0 aliphatic rings. The standard InChI is InChI=1S/C26H27N3O3/c1-17-10-9-13-22(14-17)32-16-24(30)23-15-18(2)28(19(23)3)25-20(4)27(5)29(26(25)31)21-11-7-6-8-12-21/h6-15H,16H2,1-5H3. The van der Waals surface area contributed by atoms with Gasteiger partial charge in [-0.15, -0.1) is 0 Å². The van der Waals surface area contributed by atoms with Crippen LogP contribution in [0.5, 0.6) is 5.75 Å². The predicted molar refractivity (Wildman–Crippen MR) is 126 cm³/mol. The molecule has 0 N–H and O–H groups in total. The molecule has 0 amide bonds. The first-order valence-electron chi connectivity index (χ1n) is 10.6. The van der Waals surface area contributed by atoms with Crippen molar-refractivity contribution in [2.75, 3.05) is 6.61 Å². The minimum atomic E-state index is -0.131. The number of ketones is 1. The number of Topliss-reactive ketones (excluding diaryl/α,β-unsaturated/α-hetero) is 1. The van der Waals surface area contributed by atoms with Gasteiger partial charge in [0.2, 0.25) is 5.78 Å². The Kier molecular flexibility index (Phi) is 5.61. The van der Waals surface area contributed by atoms with E-state index in [0.29, 0.717) is 17.0 Å². The van der Waals surface area contributed by atoms with E-state index in [0.717, 1.165) is 28.3 Å². The van der Waals surface area contributed by atoms with E-state index < -0.39 is 0 Å². The van der Waals surface area contributed by atoms with Crippen LogP contribution in [-0.4, -0.2) is 26.3 Å². The first-order valence-corrected chi connectivity index (χ1v) is 10.6. The number of aryl methyl sites for hydroxylation is 2. The fraction of sp³-hybridized carbons (Fsp3) is 0.231. The van der Waals surface area contributed by atoms with Gasteiger partial charge in [-0.25, -0.2) is 4.68 Å². The molecule has 164 valence electrons. The van der Waals surface area contributed by atoms with Crippen LogP contribution in [0.2, 0.25) is 0 Å². The summed E-state index contributed by atoms with van der Waals surface area (Å²) in [4.78, 5) is 26.4. The van der Waals surface area contributed by atoms with Crippen LogP contribution in [0, 0.1) is 27.7 Å². The van der Waals surface area contributed by atoms with E-state index in [1.807, 2.05) is 105 Å². The van der Waals surface area contributed by atoms with E-state index in [4.69, 9.17) is 4.74 Å². The molecule has 0 aliphatic carbocycles. The largest absolute Gasteiger partial charge is 0.485 e. The molecule has 4 aromatic rings. The second kappa shape index (κ2) is 8.38. The summed E-state index contributed by atoms with van der Waals surface area (Å²) in [6.45, 7) is 7.61. The van der Waals surface area contributed by atoms with Gasteiger partial charge in [0, 0.05) is 24.0 Å². The highest BCUT2D eigenvalue weighted by atomic mass is 16.5. The van der Waals surface area contributed by atoms with E-state index >= 15 is 0 Å². The number of carbonyl (C=O) groups excluding carboxylic acids is 1. The Labute approximate surface area is 187 Å². The molecular weight excluding hydrogens is 402 g/mol. The number of rotatable bonds is 6. The van der Waals surface area contributed by atoms with E-state index in [9.17, 15) is 9.59 Å². The molecule has 0 saturated carbocycles. The van der Waals surface area contributed by atoms with Crippen LogP contribution >= 0.6 is 0 Å². The van der Waals surface area contributed by atoms with Crippen molar-refractivity contribution in [1.29, 1.82) is 0 Å². The van der Waals surface area contributed by atoms with E-state index in [2.05, 4.69) is 0 Å². The van der Waals surface area contributed by atoms with Crippen molar-refractivity contribution in [3.05, 3.63) is 99.2 Å². The van der Waals surface area contributed by atoms with Gasteiger partial charge in [-0.1, -0.05) is 30.3 Å². The van der Waals surface area contributed by atoms with Gasteiger partial charge in [-0.2, -0.15) is 0 Å². The van der Waals surface area contributed by atoms with Crippen LogP contribution < -0.4 is 10.3 Å². The van der Waals surface area contributed by atoms with Crippen molar-refractivity contribution < 1.29 is 9.53 Å². The van der Waals surface area contributed by atoms with Crippen LogP contribution in [0.3, 0.4) is 0 Å². The lowest BCUT2D eigenvalue weighted by molar-refractivity contribution is 0.0921. The topological polar surface area (TPSA) is 58.2 Å². The summed E-state index contributed by atoms with van der Waals surface area (Å²) in [7, 11) is 1.86. The Hall–Kier alpha value is -3.80. The zero-order valence-electron chi connectivity index (χ0n) is 19.0. The molecule has 0 spiro atoms. The quantitative estimate of drug-likeness (QED) is 0.425. The minimum Gasteiger partial charge on any atom is -0.485 e. The third kappa shape index (κ3) is 3.68. The molecule has 4 rings (SSSR count). The van der Waals surface area contributed by atoms with Gasteiger partial charge in [-0.3, -0.25) is 14.3 Å². The van der Waals surface area contributed by atoms with Crippen molar-refractivity contribution in [1.82, 2.24) is 13.9 Å². The zero-order chi connectivity index (χ0) is 23.0. The van der Waals surface area contributed by atoms with E-state index in [1.54, 1.807) is 4.68 Å². The Bertz CT molecular complexity index is 1360. The number of hydrogen-bond donors (Lipinski definition) is 0. The monoisotopic (exact) mass is 429 g/mol. The predicted octanol–water partition coefficient (Wildman–Crippen LogP) is 4.46. The number of nitrogens with zero attached hydrogens (tertiary/aromatic N) is 3. The number of para-hydroxylation sites is 1. The fourth-order valence-corrected chi connectivity index (χ4v) is 4.13. The van der Waals surface area contributed by atoms with Crippen LogP contribution in [0.4, 0.5) is 0 Å². The zero-order valence-corrected chi connectivity index (χ0v) is 19.0. The maximum Gasteiger partial charge on any atom is 0.295 e. The van der Waals surface area contributed by atoms with Crippen molar-refractivity contribution >= 4 is 5.78 Å². The van der Waals surface area contributed by atoms with Crippen molar-refractivity contribution in [3.63, 3.8) is 0 Å².